The number of ether oxygens (including phenoxy) is 1. The van der Waals surface area contributed by atoms with Crippen molar-refractivity contribution in [3.63, 3.8) is 0 Å². The number of esters is 1. The van der Waals surface area contributed by atoms with Gasteiger partial charge in [0.1, 0.15) is 0 Å². The molecule has 0 fully saturated rings. The molecule has 0 saturated carbocycles. The summed E-state index contributed by atoms with van der Waals surface area (Å²) in [4.78, 5) is 14.6. The van der Waals surface area contributed by atoms with Crippen molar-refractivity contribution in [1.29, 1.82) is 0 Å². The normalized spacial score (nSPS) is 10.2. The third-order valence-electron chi connectivity index (χ3n) is 1.58. The second-order valence-electron chi connectivity index (χ2n) is 2.57. The zero-order chi connectivity index (χ0) is 9.26. The van der Waals surface area contributed by atoms with Crippen molar-refractivity contribution in [3.8, 4) is 5.75 Å². The van der Waals surface area contributed by atoms with Gasteiger partial charge in [-0.2, -0.15) is 0 Å². The van der Waals surface area contributed by atoms with Gasteiger partial charge in [-0.25, -0.2) is 0 Å². The summed E-state index contributed by atoms with van der Waals surface area (Å²) in [6, 6.07) is 1.76. The average molecular weight is 177 g/mol. The molecule has 0 saturated heterocycles. The topological polar surface area (TPSA) is 52.3 Å². The van der Waals surface area contributed by atoms with Crippen LogP contribution in [0.25, 0.3) is 11.0 Å². The number of nitrogens with zero attached hydrogens (tertiary/aromatic N) is 1. The van der Waals surface area contributed by atoms with Gasteiger partial charge in [0.05, 0.1) is 12.5 Å². The van der Waals surface area contributed by atoms with E-state index < -0.39 is 0 Å². The van der Waals surface area contributed by atoms with E-state index >= 15 is 0 Å². The van der Waals surface area contributed by atoms with E-state index in [0.29, 0.717) is 11.3 Å². The highest BCUT2D eigenvalue weighted by atomic mass is 16.5. The van der Waals surface area contributed by atoms with Crippen molar-refractivity contribution < 1.29 is 13.9 Å². The summed E-state index contributed by atoms with van der Waals surface area (Å²) in [5.74, 6) is -0.0271. The summed E-state index contributed by atoms with van der Waals surface area (Å²) in [5, 5.41) is 0.818. The first-order chi connectivity index (χ1) is 6.27. The number of rotatable bonds is 1. The highest BCUT2D eigenvalue weighted by Gasteiger charge is 2.07. The number of hydrogen-bond donors (Lipinski definition) is 0. The second kappa shape index (κ2) is 2.90. The molecule has 0 radical (unpaired) electrons. The molecule has 4 nitrogen and oxygen atoms in total. The lowest BCUT2D eigenvalue weighted by Crippen LogP contribution is -2.01. The second-order valence-corrected chi connectivity index (χ2v) is 2.57. The Morgan fingerprint density at radius 1 is 1.54 bits per heavy atom. The minimum Gasteiger partial charge on any atom is -0.460 e. The van der Waals surface area contributed by atoms with Crippen molar-refractivity contribution in [2.24, 2.45) is 0 Å². The Morgan fingerprint density at radius 3 is 3.15 bits per heavy atom. The number of aromatic nitrogens is 1. The minimum atomic E-state index is -0.384. The van der Waals surface area contributed by atoms with E-state index in [1.807, 2.05) is 0 Å². The molecular weight excluding hydrogens is 170 g/mol. The Kier molecular flexibility index (Phi) is 1.73. The summed E-state index contributed by atoms with van der Waals surface area (Å²) >= 11 is 0. The van der Waals surface area contributed by atoms with E-state index in [4.69, 9.17) is 9.15 Å². The lowest BCUT2D eigenvalue weighted by atomic mass is 10.3. The van der Waals surface area contributed by atoms with Gasteiger partial charge < -0.3 is 9.15 Å². The Labute approximate surface area is 74.1 Å². The molecule has 0 aliphatic carbocycles. The molecule has 0 spiro atoms. The van der Waals surface area contributed by atoms with Crippen LogP contribution in [0.15, 0.2) is 29.1 Å². The number of carbonyl (C=O) groups is 1. The number of pyridine rings is 1. The van der Waals surface area contributed by atoms with E-state index in [1.165, 1.54) is 19.4 Å². The quantitative estimate of drug-likeness (QED) is 0.622. The molecule has 2 aromatic rings. The van der Waals surface area contributed by atoms with Crippen LogP contribution < -0.4 is 4.74 Å². The lowest BCUT2D eigenvalue weighted by Gasteiger charge is -1.99. The molecule has 2 heterocycles. The fraction of sp³-hybridized carbons (Fsp3) is 0.111. The third kappa shape index (κ3) is 1.38. The molecular formula is C9H7NO3. The Balaban J connectivity index is 2.54. The van der Waals surface area contributed by atoms with Crippen LogP contribution in [-0.2, 0) is 4.79 Å². The Bertz CT molecular complexity index is 447. The SMILES string of the molecule is CC(=O)Oc1cncc2ccoc12. The molecule has 0 N–H and O–H groups in total. The highest BCUT2D eigenvalue weighted by molar-refractivity contribution is 5.84. The van der Waals surface area contributed by atoms with Crippen molar-refractivity contribution in [2.75, 3.05) is 0 Å². The van der Waals surface area contributed by atoms with E-state index in [2.05, 4.69) is 4.98 Å². The minimum absolute atomic E-state index is 0.356. The summed E-state index contributed by atoms with van der Waals surface area (Å²) in [6.45, 7) is 1.34. The fourth-order valence-corrected chi connectivity index (χ4v) is 1.09. The standard InChI is InChI=1S/C9H7NO3/c1-6(11)13-8-5-10-4-7-2-3-12-9(7)8/h2-5H,1H3. The van der Waals surface area contributed by atoms with Gasteiger partial charge in [0.25, 0.3) is 0 Å². The number of hydrogen-bond acceptors (Lipinski definition) is 4. The predicted octanol–water partition coefficient (Wildman–Crippen LogP) is 1.75. The Hall–Kier alpha value is -1.84. The average Bonchev–Trinajstić information content (AvgIpc) is 2.51. The summed E-state index contributed by atoms with van der Waals surface area (Å²) in [6.07, 6.45) is 4.62. The van der Waals surface area contributed by atoms with Gasteiger partial charge in [-0.3, -0.25) is 9.78 Å². The summed E-state index contributed by atoms with van der Waals surface area (Å²) < 4.78 is 10.0. The molecule has 0 aliphatic rings. The third-order valence-corrected chi connectivity index (χ3v) is 1.58. The number of fused-ring (bicyclic) bond motifs is 1. The van der Waals surface area contributed by atoms with Gasteiger partial charge in [-0.05, 0) is 6.07 Å². The molecule has 2 aromatic heterocycles. The first-order valence-electron chi connectivity index (χ1n) is 3.77. The molecule has 4 heteroatoms. The van der Waals surface area contributed by atoms with Crippen LogP contribution in [0, 0.1) is 0 Å². The molecule has 0 aliphatic heterocycles. The molecule has 0 atom stereocenters. The summed E-state index contributed by atoms with van der Waals surface area (Å²) in [7, 11) is 0. The van der Waals surface area contributed by atoms with Crippen molar-refractivity contribution in [1.82, 2.24) is 4.98 Å². The summed E-state index contributed by atoms with van der Waals surface area (Å²) in [5.41, 5.74) is 0.546. The van der Waals surface area contributed by atoms with Gasteiger partial charge in [0.15, 0.2) is 11.3 Å². The van der Waals surface area contributed by atoms with Crippen LogP contribution in [0.2, 0.25) is 0 Å². The van der Waals surface area contributed by atoms with Gasteiger partial charge in [-0.15, -0.1) is 0 Å². The smallest absolute Gasteiger partial charge is 0.308 e. The molecule has 0 aromatic carbocycles. The maximum atomic E-state index is 10.7. The van der Waals surface area contributed by atoms with E-state index in [-0.39, 0.29) is 5.97 Å². The Morgan fingerprint density at radius 2 is 2.38 bits per heavy atom. The van der Waals surface area contributed by atoms with Crippen LogP contribution >= 0.6 is 0 Å². The molecule has 2 rings (SSSR count). The van der Waals surface area contributed by atoms with E-state index in [9.17, 15) is 4.79 Å². The van der Waals surface area contributed by atoms with Crippen LogP contribution in [0.3, 0.4) is 0 Å². The molecule has 66 valence electrons. The van der Waals surface area contributed by atoms with Crippen LogP contribution in [0.1, 0.15) is 6.92 Å². The van der Waals surface area contributed by atoms with Crippen molar-refractivity contribution >= 4 is 16.9 Å². The van der Waals surface area contributed by atoms with Crippen molar-refractivity contribution in [3.05, 3.63) is 24.7 Å². The maximum absolute atomic E-state index is 10.7. The fourth-order valence-electron chi connectivity index (χ4n) is 1.09. The zero-order valence-corrected chi connectivity index (χ0v) is 6.98. The number of furan rings is 1. The lowest BCUT2D eigenvalue weighted by molar-refractivity contribution is -0.131. The molecule has 13 heavy (non-hydrogen) atoms. The van der Waals surface area contributed by atoms with E-state index in [1.54, 1.807) is 12.3 Å². The van der Waals surface area contributed by atoms with E-state index in [0.717, 1.165) is 5.39 Å². The predicted molar refractivity (Wildman–Crippen MR) is 45.3 cm³/mol. The zero-order valence-electron chi connectivity index (χ0n) is 6.98. The van der Waals surface area contributed by atoms with Gasteiger partial charge in [-0.1, -0.05) is 0 Å². The van der Waals surface area contributed by atoms with Gasteiger partial charge in [0.2, 0.25) is 0 Å². The molecule has 0 unspecified atom stereocenters. The van der Waals surface area contributed by atoms with Crippen molar-refractivity contribution in [2.45, 2.75) is 6.92 Å². The van der Waals surface area contributed by atoms with Crippen LogP contribution in [0.5, 0.6) is 5.75 Å². The van der Waals surface area contributed by atoms with Crippen LogP contribution in [-0.4, -0.2) is 11.0 Å². The molecule has 0 amide bonds. The van der Waals surface area contributed by atoms with Gasteiger partial charge >= 0.3 is 5.97 Å². The highest BCUT2D eigenvalue weighted by Crippen LogP contribution is 2.24. The first-order valence-corrected chi connectivity index (χ1v) is 3.77. The molecule has 0 bridgehead atoms. The monoisotopic (exact) mass is 177 g/mol. The van der Waals surface area contributed by atoms with Gasteiger partial charge in [0, 0.05) is 18.5 Å². The largest absolute Gasteiger partial charge is 0.460 e. The first kappa shape index (κ1) is 7.79. The van der Waals surface area contributed by atoms with Crippen LogP contribution in [0.4, 0.5) is 0 Å². The maximum Gasteiger partial charge on any atom is 0.308 e. The number of carbonyl (C=O) groups excluding carboxylic acids is 1.